The number of ketones is 1. The van der Waals surface area contributed by atoms with Crippen LogP contribution in [0.4, 0.5) is 0 Å². The van der Waals surface area contributed by atoms with Crippen molar-refractivity contribution in [1.29, 1.82) is 0 Å². The third kappa shape index (κ3) is 2.36. The zero-order valence-corrected chi connectivity index (χ0v) is 17.0. The third-order valence-electron chi connectivity index (χ3n) is 7.58. The van der Waals surface area contributed by atoms with Gasteiger partial charge in [0, 0.05) is 30.0 Å². The highest BCUT2D eigenvalue weighted by atomic mass is 16.5. The number of hydrogen-bond donors (Lipinski definition) is 2. The lowest BCUT2D eigenvalue weighted by molar-refractivity contribution is -0.145. The van der Waals surface area contributed by atoms with Crippen molar-refractivity contribution in [1.82, 2.24) is 9.88 Å². The maximum absolute atomic E-state index is 12.5. The maximum atomic E-state index is 12.5. The number of aromatic amines is 1. The minimum Gasteiger partial charge on any atom is -0.497 e. The van der Waals surface area contributed by atoms with Crippen LogP contribution < -0.4 is 10.3 Å². The summed E-state index contributed by atoms with van der Waals surface area (Å²) in [6, 6.07) is 7.83. The van der Waals surface area contributed by atoms with E-state index in [9.17, 15) is 14.7 Å². The Morgan fingerprint density at radius 1 is 1.28 bits per heavy atom. The van der Waals surface area contributed by atoms with Gasteiger partial charge in [0.05, 0.1) is 18.3 Å². The summed E-state index contributed by atoms with van der Waals surface area (Å²) in [4.78, 5) is 29.6. The average Bonchev–Trinajstić information content (AvgIpc) is 2.68. The van der Waals surface area contributed by atoms with E-state index in [1.807, 2.05) is 6.07 Å². The second-order valence-electron chi connectivity index (χ2n) is 8.91. The number of likely N-dealkylation sites (tertiary alicyclic amines) is 1. The number of carbonyl (C=O) groups excluding carboxylic acids is 1. The Kier molecular flexibility index (Phi) is 3.86. The second-order valence-corrected chi connectivity index (χ2v) is 8.91. The Morgan fingerprint density at radius 2 is 2.07 bits per heavy atom. The number of aromatic nitrogens is 1. The number of benzene rings is 1. The van der Waals surface area contributed by atoms with Crippen molar-refractivity contribution in [2.75, 3.05) is 20.7 Å². The molecule has 1 aliphatic heterocycles. The molecular weight excluding hydrogens is 368 g/mol. The van der Waals surface area contributed by atoms with E-state index in [1.165, 1.54) is 12.5 Å². The Hall–Kier alpha value is -2.44. The van der Waals surface area contributed by atoms with E-state index in [2.05, 4.69) is 29.1 Å². The summed E-state index contributed by atoms with van der Waals surface area (Å²) in [5, 5.41) is 12.2. The maximum Gasteiger partial charge on any atom is 0.259 e. The molecule has 0 radical (unpaired) electrons. The molecule has 1 aromatic carbocycles. The number of nitrogens with one attached hydrogen (secondary N) is 1. The summed E-state index contributed by atoms with van der Waals surface area (Å²) >= 11 is 0. The molecule has 2 aliphatic carbocycles. The molecule has 3 atom stereocenters. The van der Waals surface area contributed by atoms with Crippen LogP contribution in [0, 0.1) is 0 Å². The number of carbonyl (C=O) groups is 1. The number of likely N-dealkylation sites (N-methyl/N-ethyl adjacent to an activating group) is 1. The summed E-state index contributed by atoms with van der Waals surface area (Å²) in [7, 11) is 3.73. The first-order valence-corrected chi connectivity index (χ1v) is 10.1. The number of methoxy groups -OCH3 is 1. The molecule has 3 aliphatic rings. The molecule has 1 aromatic heterocycles. The van der Waals surface area contributed by atoms with Gasteiger partial charge in [-0.05, 0) is 68.2 Å². The van der Waals surface area contributed by atoms with Gasteiger partial charge in [-0.1, -0.05) is 6.07 Å². The van der Waals surface area contributed by atoms with Crippen LogP contribution in [0.5, 0.6) is 5.75 Å². The van der Waals surface area contributed by atoms with Crippen molar-refractivity contribution in [3.8, 4) is 5.75 Å². The summed E-state index contributed by atoms with van der Waals surface area (Å²) < 4.78 is 5.49. The number of H-pyrrole nitrogens is 1. The standard InChI is InChI=1S/C23H26N2O4/c1-13(26)17-8-15-11-23(28)20-9-14-4-5-16(29-3)10-18(14)22(23,6-7-25(20)2)12-19(15)24-21(17)27/h4-5,8,10,20,28H,6-7,9,11-12H2,1-3H3,(H,24,27)/t20-,22-,23-/m1/s1. The summed E-state index contributed by atoms with van der Waals surface area (Å²) in [6.45, 7) is 2.29. The van der Waals surface area contributed by atoms with E-state index in [0.717, 1.165) is 42.0 Å². The van der Waals surface area contributed by atoms with Crippen LogP contribution in [0.2, 0.25) is 0 Å². The third-order valence-corrected chi connectivity index (χ3v) is 7.58. The number of hydrogen-bond acceptors (Lipinski definition) is 5. The van der Waals surface area contributed by atoms with E-state index in [1.54, 1.807) is 13.2 Å². The van der Waals surface area contributed by atoms with Crippen molar-refractivity contribution in [3.63, 3.8) is 0 Å². The fraction of sp³-hybridized carbons (Fsp3) is 0.478. The van der Waals surface area contributed by atoms with Crippen molar-refractivity contribution in [2.24, 2.45) is 0 Å². The van der Waals surface area contributed by atoms with Crippen LogP contribution in [-0.2, 0) is 24.7 Å². The monoisotopic (exact) mass is 394 g/mol. The molecular formula is C23H26N2O4. The molecule has 1 saturated heterocycles. The first-order chi connectivity index (χ1) is 13.8. The van der Waals surface area contributed by atoms with Gasteiger partial charge in [0.25, 0.3) is 5.56 Å². The number of pyridine rings is 1. The van der Waals surface area contributed by atoms with Crippen molar-refractivity contribution in [3.05, 3.63) is 62.6 Å². The smallest absolute Gasteiger partial charge is 0.259 e. The minimum atomic E-state index is -0.974. The van der Waals surface area contributed by atoms with Gasteiger partial charge in [0.15, 0.2) is 5.78 Å². The molecule has 2 bridgehead atoms. The largest absolute Gasteiger partial charge is 0.497 e. The average molecular weight is 394 g/mol. The molecule has 0 unspecified atom stereocenters. The predicted octanol–water partition coefficient (Wildman–Crippen LogP) is 1.61. The summed E-state index contributed by atoms with van der Waals surface area (Å²) in [5.41, 5.74) is 2.44. The summed E-state index contributed by atoms with van der Waals surface area (Å²) in [5.74, 6) is 0.529. The molecule has 6 heteroatoms. The lowest BCUT2D eigenvalue weighted by Crippen LogP contribution is -2.73. The van der Waals surface area contributed by atoms with Crippen LogP contribution in [0.15, 0.2) is 29.1 Å². The fourth-order valence-electron chi connectivity index (χ4n) is 6.03. The molecule has 2 heterocycles. The number of fused-ring (bicyclic) bond motifs is 2. The molecule has 2 N–H and O–H groups in total. The molecule has 29 heavy (non-hydrogen) atoms. The predicted molar refractivity (Wildman–Crippen MR) is 109 cm³/mol. The van der Waals surface area contributed by atoms with Crippen LogP contribution in [0.1, 0.15) is 46.1 Å². The Morgan fingerprint density at radius 3 is 2.79 bits per heavy atom. The molecule has 1 fully saturated rings. The Labute approximate surface area is 169 Å². The molecule has 0 spiro atoms. The molecule has 5 rings (SSSR count). The van der Waals surface area contributed by atoms with Gasteiger partial charge in [0.1, 0.15) is 5.75 Å². The lowest BCUT2D eigenvalue weighted by Gasteiger charge is -2.63. The Balaban J connectivity index is 1.76. The van der Waals surface area contributed by atoms with Crippen LogP contribution in [-0.4, -0.2) is 53.1 Å². The van der Waals surface area contributed by atoms with Gasteiger partial charge < -0.3 is 19.7 Å². The van der Waals surface area contributed by atoms with Crippen LogP contribution in [0.25, 0.3) is 0 Å². The van der Waals surface area contributed by atoms with Gasteiger partial charge in [-0.25, -0.2) is 0 Å². The fourth-order valence-corrected chi connectivity index (χ4v) is 6.03. The van der Waals surface area contributed by atoms with Gasteiger partial charge in [-0.3, -0.25) is 9.59 Å². The van der Waals surface area contributed by atoms with Gasteiger partial charge >= 0.3 is 0 Å². The molecule has 6 nitrogen and oxygen atoms in total. The number of aliphatic hydroxyl groups is 1. The zero-order valence-electron chi connectivity index (χ0n) is 17.0. The van der Waals surface area contributed by atoms with E-state index in [0.29, 0.717) is 12.8 Å². The minimum absolute atomic E-state index is 0.0157. The van der Waals surface area contributed by atoms with Crippen LogP contribution >= 0.6 is 0 Å². The summed E-state index contributed by atoms with van der Waals surface area (Å²) in [6.07, 6.45) is 2.54. The first kappa shape index (κ1) is 18.6. The van der Waals surface area contributed by atoms with E-state index >= 15 is 0 Å². The Bertz CT molecular complexity index is 1090. The highest BCUT2D eigenvalue weighted by Gasteiger charge is 2.64. The normalized spacial score (nSPS) is 30.1. The highest BCUT2D eigenvalue weighted by molar-refractivity contribution is 5.93. The number of piperidine rings is 1. The van der Waals surface area contributed by atoms with E-state index < -0.39 is 11.0 Å². The number of Topliss-reactive ketones (excluding diaryl/α,β-unsaturated/α-hetero) is 1. The number of nitrogens with zero attached hydrogens (tertiary/aromatic N) is 1. The zero-order chi connectivity index (χ0) is 20.6. The second kappa shape index (κ2) is 6.03. The molecule has 152 valence electrons. The first-order valence-electron chi connectivity index (χ1n) is 10.1. The molecule has 2 aromatic rings. The molecule has 0 amide bonds. The number of ether oxygens (including phenoxy) is 1. The van der Waals surface area contributed by atoms with Gasteiger partial charge in [-0.15, -0.1) is 0 Å². The van der Waals surface area contributed by atoms with Crippen molar-refractivity contribution < 1.29 is 14.6 Å². The topological polar surface area (TPSA) is 82.6 Å². The van der Waals surface area contributed by atoms with Crippen molar-refractivity contribution >= 4 is 5.78 Å². The van der Waals surface area contributed by atoms with Gasteiger partial charge in [-0.2, -0.15) is 0 Å². The van der Waals surface area contributed by atoms with Crippen molar-refractivity contribution in [2.45, 2.75) is 49.7 Å². The van der Waals surface area contributed by atoms with E-state index in [-0.39, 0.29) is 22.9 Å². The SMILES string of the molecule is COc1ccc2c(c1)[C@]13CCN(C)[C@H](C2)[C@]1(O)Cc1cc(C(C)=O)c(=O)[nH]c1C3. The van der Waals surface area contributed by atoms with E-state index in [4.69, 9.17) is 4.74 Å². The molecule has 0 saturated carbocycles. The highest BCUT2D eigenvalue weighted by Crippen LogP contribution is 2.56. The quantitative estimate of drug-likeness (QED) is 0.757. The van der Waals surface area contributed by atoms with Gasteiger partial charge in [0.2, 0.25) is 0 Å². The number of rotatable bonds is 2. The van der Waals surface area contributed by atoms with Crippen LogP contribution in [0.3, 0.4) is 0 Å². The lowest BCUT2D eigenvalue weighted by atomic mass is 9.49.